The highest BCUT2D eigenvalue weighted by molar-refractivity contribution is 5.80. The summed E-state index contributed by atoms with van der Waals surface area (Å²) in [7, 11) is 0. The predicted octanol–water partition coefficient (Wildman–Crippen LogP) is 3.23. The normalized spacial score (nSPS) is 17.6. The monoisotopic (exact) mass is 499 g/mol. The first kappa shape index (κ1) is 23.4. The summed E-state index contributed by atoms with van der Waals surface area (Å²) in [4.78, 5) is 26.3. The average Bonchev–Trinajstić information content (AvgIpc) is 3.70. The van der Waals surface area contributed by atoms with E-state index in [1.54, 1.807) is 17.2 Å². The van der Waals surface area contributed by atoms with E-state index in [9.17, 15) is 22.4 Å². The summed E-state index contributed by atoms with van der Waals surface area (Å²) in [5.74, 6) is -0.304. The van der Waals surface area contributed by atoms with Gasteiger partial charge in [0.2, 0.25) is 5.95 Å². The van der Waals surface area contributed by atoms with Gasteiger partial charge in [-0.05, 0) is 12.1 Å². The number of hydrogen-bond acceptors (Lipinski definition) is 8. The van der Waals surface area contributed by atoms with E-state index in [4.69, 9.17) is 10.00 Å². The Balaban J connectivity index is 1.30. The van der Waals surface area contributed by atoms with Crippen LogP contribution in [-0.4, -0.2) is 45.2 Å². The maximum absolute atomic E-state index is 14.1. The lowest BCUT2D eigenvalue weighted by atomic mass is 10.1. The number of nitriles is 1. The van der Waals surface area contributed by atoms with Gasteiger partial charge in [0, 0.05) is 56.7 Å². The zero-order valence-electron chi connectivity index (χ0n) is 18.5. The van der Waals surface area contributed by atoms with Crippen LogP contribution < -0.4 is 15.2 Å². The molecule has 3 aromatic rings. The lowest BCUT2D eigenvalue weighted by Crippen LogP contribution is -2.39. The molecule has 184 valence electrons. The molecule has 0 amide bonds. The van der Waals surface area contributed by atoms with Gasteiger partial charge in [0.1, 0.15) is 29.7 Å². The van der Waals surface area contributed by atoms with Crippen LogP contribution in [0.25, 0.3) is 5.69 Å². The van der Waals surface area contributed by atoms with Crippen molar-refractivity contribution in [2.24, 2.45) is 4.99 Å². The molecule has 0 aliphatic carbocycles. The first-order chi connectivity index (χ1) is 17.2. The zero-order chi connectivity index (χ0) is 25.4. The molecular weight excluding hydrogens is 482 g/mol. The Labute approximate surface area is 201 Å². The second-order valence-electron chi connectivity index (χ2n) is 8.24. The molecule has 0 N–H and O–H groups in total. The summed E-state index contributed by atoms with van der Waals surface area (Å²) in [5, 5.41) is 13.3. The van der Waals surface area contributed by atoms with Gasteiger partial charge in [-0.1, -0.05) is 0 Å². The van der Waals surface area contributed by atoms with Gasteiger partial charge in [-0.2, -0.15) is 28.2 Å². The molecule has 2 aliphatic rings. The Bertz CT molecular complexity index is 1420. The zero-order valence-corrected chi connectivity index (χ0v) is 18.5. The number of ether oxygens (including phenoxy) is 1. The summed E-state index contributed by atoms with van der Waals surface area (Å²) in [5.41, 5.74) is -1.05. The lowest BCUT2D eigenvalue weighted by molar-refractivity contribution is -0.138. The van der Waals surface area contributed by atoms with Crippen molar-refractivity contribution in [3.05, 3.63) is 69.7 Å². The van der Waals surface area contributed by atoms with Crippen LogP contribution in [0.4, 0.5) is 23.5 Å². The van der Waals surface area contributed by atoms with E-state index >= 15 is 0 Å². The molecule has 0 spiro atoms. The topological polar surface area (TPSA) is 109 Å². The van der Waals surface area contributed by atoms with Gasteiger partial charge in [-0.25, -0.2) is 14.4 Å². The van der Waals surface area contributed by atoms with Crippen LogP contribution in [0.1, 0.15) is 35.7 Å². The average molecular weight is 499 g/mol. The van der Waals surface area contributed by atoms with Gasteiger partial charge in [0.25, 0.3) is 5.56 Å². The molecule has 4 heterocycles. The number of anilines is 1. The Morgan fingerprint density at radius 3 is 2.39 bits per heavy atom. The van der Waals surface area contributed by atoms with Gasteiger partial charge in [-0.3, -0.25) is 9.79 Å². The number of hydrogen-bond donors (Lipinski definition) is 0. The fourth-order valence-electron chi connectivity index (χ4n) is 3.83. The maximum atomic E-state index is 14.1. The van der Waals surface area contributed by atoms with E-state index in [0.717, 1.165) is 23.1 Å². The van der Waals surface area contributed by atoms with Crippen LogP contribution in [0.5, 0.6) is 5.75 Å². The Hall–Kier alpha value is -4.34. The van der Waals surface area contributed by atoms with Crippen molar-refractivity contribution >= 4 is 12.2 Å². The van der Waals surface area contributed by atoms with Crippen molar-refractivity contribution in [2.45, 2.75) is 31.2 Å². The number of aromatic nitrogens is 4. The van der Waals surface area contributed by atoms with E-state index in [1.165, 1.54) is 18.2 Å². The number of piperidine rings is 1. The van der Waals surface area contributed by atoms with Gasteiger partial charge in [-0.15, -0.1) is 0 Å². The Morgan fingerprint density at radius 1 is 1.11 bits per heavy atom. The molecule has 1 atom stereocenters. The first-order valence-corrected chi connectivity index (χ1v) is 10.9. The Kier molecular flexibility index (Phi) is 5.87. The predicted molar refractivity (Wildman–Crippen MR) is 119 cm³/mol. The maximum Gasteiger partial charge on any atom is 0.419 e. The third-order valence-electron chi connectivity index (χ3n) is 5.80. The van der Waals surface area contributed by atoms with Crippen LogP contribution in [0.2, 0.25) is 0 Å². The summed E-state index contributed by atoms with van der Waals surface area (Å²) in [6.07, 6.45) is -0.608. The number of aliphatic imine (C=N–C) groups is 1. The van der Waals surface area contributed by atoms with Gasteiger partial charge < -0.3 is 9.64 Å². The second-order valence-corrected chi connectivity index (χ2v) is 8.24. The van der Waals surface area contributed by atoms with Crippen LogP contribution in [0.15, 0.2) is 46.4 Å². The third kappa shape index (κ3) is 4.74. The Morgan fingerprint density at radius 2 is 1.81 bits per heavy atom. The van der Waals surface area contributed by atoms with Crippen LogP contribution in [-0.2, 0) is 6.18 Å². The number of nitrogens with zero attached hydrogens (tertiary/aromatic N) is 7. The molecule has 9 nitrogen and oxygen atoms in total. The van der Waals surface area contributed by atoms with Crippen molar-refractivity contribution in [1.29, 1.82) is 5.26 Å². The summed E-state index contributed by atoms with van der Waals surface area (Å²) in [6.45, 7) is 0.889. The first-order valence-electron chi connectivity index (χ1n) is 10.9. The summed E-state index contributed by atoms with van der Waals surface area (Å²) in [6, 6.07) is 6.38. The largest absolute Gasteiger partial charge is 0.488 e. The second kappa shape index (κ2) is 9.03. The smallest absolute Gasteiger partial charge is 0.419 e. The highest BCUT2D eigenvalue weighted by Crippen LogP contribution is 2.32. The van der Waals surface area contributed by atoms with Gasteiger partial charge in [0.15, 0.2) is 5.75 Å². The van der Waals surface area contributed by atoms with E-state index in [0.29, 0.717) is 31.6 Å². The van der Waals surface area contributed by atoms with E-state index in [-0.39, 0.29) is 35.1 Å². The molecule has 0 radical (unpaired) electrons. The molecule has 13 heteroatoms. The van der Waals surface area contributed by atoms with Gasteiger partial charge >= 0.3 is 6.18 Å². The minimum absolute atomic E-state index is 0.148. The van der Waals surface area contributed by atoms with Crippen molar-refractivity contribution in [3.63, 3.8) is 0 Å². The van der Waals surface area contributed by atoms with Crippen molar-refractivity contribution < 1.29 is 22.3 Å². The van der Waals surface area contributed by atoms with Crippen LogP contribution >= 0.6 is 0 Å². The fourth-order valence-corrected chi connectivity index (χ4v) is 3.83. The SMILES string of the molecule is N#Cc1ccc(-n2nc(C3C=N3)c(OC3CCN(c4ncc(C(F)(F)F)cn4)CC3)cc2=O)cc1F. The molecule has 1 fully saturated rings. The van der Waals surface area contributed by atoms with Gasteiger partial charge in [0.05, 0.1) is 16.8 Å². The quantitative estimate of drug-likeness (QED) is 0.496. The minimum Gasteiger partial charge on any atom is -0.488 e. The molecule has 36 heavy (non-hydrogen) atoms. The van der Waals surface area contributed by atoms with Crippen molar-refractivity contribution in [3.8, 4) is 17.5 Å². The molecular formula is C23H17F4N7O2. The molecule has 1 unspecified atom stereocenters. The van der Waals surface area contributed by atoms with Crippen molar-refractivity contribution in [1.82, 2.24) is 19.7 Å². The number of alkyl halides is 3. The van der Waals surface area contributed by atoms with E-state index < -0.39 is 23.1 Å². The summed E-state index contributed by atoms with van der Waals surface area (Å²) >= 11 is 0. The van der Waals surface area contributed by atoms with Crippen LogP contribution in [0.3, 0.4) is 0 Å². The number of halogens is 4. The van der Waals surface area contributed by atoms with Crippen molar-refractivity contribution in [2.75, 3.05) is 18.0 Å². The summed E-state index contributed by atoms with van der Waals surface area (Å²) < 4.78 is 59.4. The molecule has 1 aromatic carbocycles. The van der Waals surface area contributed by atoms with E-state index in [1.807, 2.05) is 0 Å². The highest BCUT2D eigenvalue weighted by Gasteiger charge is 2.32. The minimum atomic E-state index is -4.50. The fraction of sp³-hybridized carbons (Fsp3) is 0.304. The molecule has 2 aromatic heterocycles. The molecule has 2 aliphatic heterocycles. The standard InChI is InChI=1S/C23H17F4N7O2/c24-17-7-15(2-1-13(17)9-28)34-20(35)8-19(21(32-34)18-12-29-18)36-16-3-5-33(6-4-16)22-30-10-14(11-31-22)23(25,26)27/h1-2,7-8,10-12,16,18H,3-6H2. The number of rotatable bonds is 5. The highest BCUT2D eigenvalue weighted by atomic mass is 19.4. The molecule has 1 saturated heterocycles. The molecule has 0 bridgehead atoms. The molecule has 0 saturated carbocycles. The van der Waals surface area contributed by atoms with E-state index in [2.05, 4.69) is 20.1 Å². The molecule has 5 rings (SSSR count). The third-order valence-corrected chi connectivity index (χ3v) is 5.80. The number of benzene rings is 1. The van der Waals surface area contributed by atoms with Crippen LogP contribution in [0, 0.1) is 17.1 Å². The lowest BCUT2D eigenvalue weighted by Gasteiger charge is -2.32.